The zero-order valence-electron chi connectivity index (χ0n) is 10.1. The minimum Gasteiger partial charge on any atom is -0.298 e. The zero-order valence-corrected chi connectivity index (χ0v) is 10.1. The van der Waals surface area contributed by atoms with Crippen LogP contribution < -0.4 is 0 Å². The van der Waals surface area contributed by atoms with E-state index in [0.29, 0.717) is 30.8 Å². The summed E-state index contributed by atoms with van der Waals surface area (Å²) in [6.45, 7) is 0. The van der Waals surface area contributed by atoms with Gasteiger partial charge in [-0.2, -0.15) is 0 Å². The molecule has 0 amide bonds. The van der Waals surface area contributed by atoms with Gasteiger partial charge in [-0.3, -0.25) is 24.2 Å². The Kier molecular flexibility index (Phi) is 3.85. The van der Waals surface area contributed by atoms with E-state index in [1.807, 2.05) is 0 Å². The normalized spacial score (nSPS) is 9.80. The molecule has 0 aliphatic carbocycles. The molecule has 0 radical (unpaired) electrons. The summed E-state index contributed by atoms with van der Waals surface area (Å²) in [4.78, 5) is 52.3. The van der Waals surface area contributed by atoms with Crippen molar-refractivity contribution in [2.24, 2.45) is 0 Å². The van der Waals surface area contributed by atoms with Gasteiger partial charge in [-0.05, 0) is 12.1 Å². The topological polar surface area (TPSA) is 94.1 Å². The SMILES string of the molecule is O=Cc1nc(-c2ccccn2)c(C=O)c(C=O)c1C=O. The first kappa shape index (κ1) is 13.4. The number of pyridine rings is 2. The first-order valence-electron chi connectivity index (χ1n) is 5.57. The number of aromatic nitrogens is 2. The molecule has 0 aromatic carbocycles. The highest BCUT2D eigenvalue weighted by atomic mass is 16.1. The largest absolute Gasteiger partial charge is 0.298 e. The Morgan fingerprint density at radius 1 is 0.800 bits per heavy atom. The Morgan fingerprint density at radius 2 is 1.50 bits per heavy atom. The Balaban J connectivity index is 2.88. The lowest BCUT2D eigenvalue weighted by Crippen LogP contribution is -2.09. The summed E-state index contributed by atoms with van der Waals surface area (Å²) in [5, 5.41) is 0. The summed E-state index contributed by atoms with van der Waals surface area (Å²) in [6, 6.07) is 4.93. The van der Waals surface area contributed by atoms with Crippen molar-refractivity contribution in [2.75, 3.05) is 0 Å². The smallest absolute Gasteiger partial charge is 0.169 e. The summed E-state index contributed by atoms with van der Waals surface area (Å²) >= 11 is 0. The Labute approximate surface area is 113 Å². The van der Waals surface area contributed by atoms with Crippen LogP contribution in [0.1, 0.15) is 41.6 Å². The van der Waals surface area contributed by atoms with Gasteiger partial charge in [0.2, 0.25) is 0 Å². The Morgan fingerprint density at radius 3 is 2.00 bits per heavy atom. The van der Waals surface area contributed by atoms with Gasteiger partial charge in [0.25, 0.3) is 0 Å². The van der Waals surface area contributed by atoms with Crippen molar-refractivity contribution in [1.29, 1.82) is 0 Å². The number of hydrogen-bond donors (Lipinski definition) is 0. The van der Waals surface area contributed by atoms with Gasteiger partial charge >= 0.3 is 0 Å². The fourth-order valence-corrected chi connectivity index (χ4v) is 1.81. The van der Waals surface area contributed by atoms with Gasteiger partial charge in [0, 0.05) is 11.8 Å². The minimum absolute atomic E-state index is 0.0635. The van der Waals surface area contributed by atoms with Crippen LogP contribution in [0.25, 0.3) is 11.4 Å². The van der Waals surface area contributed by atoms with E-state index in [2.05, 4.69) is 9.97 Å². The fourth-order valence-electron chi connectivity index (χ4n) is 1.81. The quantitative estimate of drug-likeness (QED) is 0.760. The molecule has 0 aliphatic rings. The molecule has 0 bridgehead atoms. The van der Waals surface area contributed by atoms with E-state index in [0.717, 1.165) is 0 Å². The van der Waals surface area contributed by atoms with E-state index in [9.17, 15) is 19.2 Å². The van der Waals surface area contributed by atoms with E-state index in [-0.39, 0.29) is 28.1 Å². The molecule has 98 valence electrons. The highest BCUT2D eigenvalue weighted by Crippen LogP contribution is 2.23. The van der Waals surface area contributed by atoms with Crippen molar-refractivity contribution in [2.45, 2.75) is 0 Å². The first-order chi connectivity index (χ1) is 9.76. The van der Waals surface area contributed by atoms with Crippen LogP contribution in [0.5, 0.6) is 0 Å². The lowest BCUT2D eigenvalue weighted by molar-refractivity contribution is 0.107. The summed E-state index contributed by atoms with van der Waals surface area (Å²) in [5.41, 5.74) is -0.196. The van der Waals surface area contributed by atoms with Crippen molar-refractivity contribution in [1.82, 2.24) is 9.97 Å². The number of carbonyl (C=O) groups excluding carboxylic acids is 4. The molecule has 2 aromatic rings. The molecule has 0 atom stereocenters. The number of carbonyl (C=O) groups is 4. The van der Waals surface area contributed by atoms with Crippen LogP contribution in [0.3, 0.4) is 0 Å². The summed E-state index contributed by atoms with van der Waals surface area (Å²) in [5.74, 6) is 0. The predicted molar refractivity (Wildman–Crippen MR) is 69.0 cm³/mol. The highest BCUT2D eigenvalue weighted by molar-refractivity contribution is 6.05. The molecule has 2 heterocycles. The van der Waals surface area contributed by atoms with Gasteiger partial charge in [0.1, 0.15) is 11.4 Å². The van der Waals surface area contributed by atoms with Crippen molar-refractivity contribution < 1.29 is 19.2 Å². The number of aldehydes is 4. The van der Waals surface area contributed by atoms with E-state index >= 15 is 0 Å². The van der Waals surface area contributed by atoms with Crippen molar-refractivity contribution in [3.8, 4) is 11.4 Å². The molecule has 0 saturated carbocycles. The molecule has 2 rings (SSSR count). The van der Waals surface area contributed by atoms with E-state index in [1.54, 1.807) is 18.2 Å². The third kappa shape index (κ3) is 2.14. The number of hydrogen-bond acceptors (Lipinski definition) is 6. The monoisotopic (exact) mass is 268 g/mol. The molecule has 20 heavy (non-hydrogen) atoms. The summed E-state index contributed by atoms with van der Waals surface area (Å²) in [7, 11) is 0. The van der Waals surface area contributed by atoms with Crippen LogP contribution in [0, 0.1) is 0 Å². The van der Waals surface area contributed by atoms with Crippen molar-refractivity contribution in [3.63, 3.8) is 0 Å². The third-order valence-electron chi connectivity index (χ3n) is 2.72. The average molecular weight is 268 g/mol. The molecule has 6 nitrogen and oxygen atoms in total. The molecule has 6 heteroatoms. The maximum absolute atomic E-state index is 11.2. The van der Waals surface area contributed by atoms with Crippen molar-refractivity contribution >= 4 is 25.1 Å². The highest BCUT2D eigenvalue weighted by Gasteiger charge is 2.20. The van der Waals surface area contributed by atoms with Gasteiger partial charge in [-0.25, -0.2) is 4.98 Å². The van der Waals surface area contributed by atoms with Gasteiger partial charge in [0.05, 0.1) is 16.8 Å². The molecular formula is C14H8N2O4. The number of nitrogens with zero attached hydrogens (tertiary/aromatic N) is 2. The molecular weight excluding hydrogens is 260 g/mol. The minimum atomic E-state index is -0.201. The van der Waals surface area contributed by atoms with Crippen LogP contribution in [0.4, 0.5) is 0 Å². The summed E-state index contributed by atoms with van der Waals surface area (Å²) < 4.78 is 0. The van der Waals surface area contributed by atoms with Crippen LogP contribution in [0.2, 0.25) is 0 Å². The Bertz CT molecular complexity index is 696. The van der Waals surface area contributed by atoms with Gasteiger partial charge < -0.3 is 0 Å². The first-order valence-corrected chi connectivity index (χ1v) is 5.57. The molecule has 0 unspecified atom stereocenters. The summed E-state index contributed by atoms with van der Waals surface area (Å²) in [6.07, 6.45) is 2.95. The van der Waals surface area contributed by atoms with E-state index in [4.69, 9.17) is 0 Å². The van der Waals surface area contributed by atoms with E-state index < -0.39 is 0 Å². The Hall–Kier alpha value is -3.02. The standard InChI is InChI=1S/C14H8N2O4/c17-5-9-10(6-18)13(8-20)16-14(11(9)7-19)12-3-1-2-4-15-12/h1-8H. The van der Waals surface area contributed by atoms with Gasteiger partial charge in [0.15, 0.2) is 25.1 Å². The molecule has 0 N–H and O–H groups in total. The fraction of sp³-hybridized carbons (Fsp3) is 0. The third-order valence-corrected chi connectivity index (χ3v) is 2.72. The average Bonchev–Trinajstić information content (AvgIpc) is 2.53. The van der Waals surface area contributed by atoms with Crippen LogP contribution in [-0.2, 0) is 0 Å². The van der Waals surface area contributed by atoms with Crippen LogP contribution in [0.15, 0.2) is 24.4 Å². The molecule has 2 aromatic heterocycles. The van der Waals surface area contributed by atoms with Crippen LogP contribution >= 0.6 is 0 Å². The van der Waals surface area contributed by atoms with Crippen LogP contribution in [-0.4, -0.2) is 35.1 Å². The van der Waals surface area contributed by atoms with Gasteiger partial charge in [-0.1, -0.05) is 6.07 Å². The zero-order chi connectivity index (χ0) is 14.5. The molecule has 0 saturated heterocycles. The lowest BCUT2D eigenvalue weighted by atomic mass is 9.99. The predicted octanol–water partition coefficient (Wildman–Crippen LogP) is 1.39. The van der Waals surface area contributed by atoms with Gasteiger partial charge in [-0.15, -0.1) is 0 Å². The maximum Gasteiger partial charge on any atom is 0.169 e. The molecule has 0 fully saturated rings. The second kappa shape index (κ2) is 5.75. The maximum atomic E-state index is 11.2. The van der Waals surface area contributed by atoms with Crippen molar-refractivity contribution in [3.05, 3.63) is 46.8 Å². The molecule has 0 spiro atoms. The second-order valence-electron chi connectivity index (χ2n) is 3.77. The second-order valence-corrected chi connectivity index (χ2v) is 3.77. The number of rotatable bonds is 5. The lowest BCUT2D eigenvalue weighted by Gasteiger charge is -2.09. The van der Waals surface area contributed by atoms with E-state index in [1.165, 1.54) is 6.20 Å². The molecule has 0 aliphatic heterocycles.